The largest absolute Gasteiger partial charge is 0.354 e. The number of rotatable bonds is 6. The van der Waals surface area contributed by atoms with E-state index < -0.39 is 0 Å². The Morgan fingerprint density at radius 1 is 1.23 bits per heavy atom. The van der Waals surface area contributed by atoms with Crippen molar-refractivity contribution >= 4 is 60.8 Å². The topological polar surface area (TPSA) is 76.9 Å². The number of aromatic nitrogens is 3. The Bertz CT molecular complexity index is 1100. The van der Waals surface area contributed by atoms with Crippen molar-refractivity contribution in [2.24, 2.45) is 0 Å². The molecule has 0 radical (unpaired) electrons. The molecule has 0 saturated heterocycles. The monoisotopic (exact) mass is 402 g/mol. The predicted molar refractivity (Wildman–Crippen MR) is 107 cm³/mol. The van der Waals surface area contributed by atoms with Crippen LogP contribution in [0.25, 0.3) is 20.4 Å². The molecule has 0 bridgehead atoms. The zero-order valence-electron chi connectivity index (χ0n) is 13.5. The standard InChI is InChI=1S/C17H14N4O2S3/c22-14(9-25-17-20-11-3-1-2-4-13(11)26-17)18-6-7-21-10-19-12-5-8-24-15(12)16(21)23/h1-5,8,10H,6-7,9H2,(H,18,22). The van der Waals surface area contributed by atoms with Gasteiger partial charge in [0.25, 0.3) is 5.56 Å². The minimum absolute atomic E-state index is 0.0666. The van der Waals surface area contributed by atoms with Gasteiger partial charge >= 0.3 is 0 Å². The summed E-state index contributed by atoms with van der Waals surface area (Å²) in [5.41, 5.74) is 1.60. The van der Waals surface area contributed by atoms with Crippen LogP contribution in [0.15, 0.2) is 51.2 Å². The molecule has 0 saturated carbocycles. The van der Waals surface area contributed by atoms with Gasteiger partial charge in [-0.15, -0.1) is 22.7 Å². The maximum Gasteiger partial charge on any atom is 0.271 e. The highest BCUT2D eigenvalue weighted by Gasteiger charge is 2.08. The van der Waals surface area contributed by atoms with Gasteiger partial charge in [-0.2, -0.15) is 0 Å². The lowest BCUT2D eigenvalue weighted by atomic mass is 10.3. The average molecular weight is 403 g/mol. The maximum absolute atomic E-state index is 12.3. The number of carbonyl (C=O) groups is 1. The van der Waals surface area contributed by atoms with E-state index in [1.165, 1.54) is 34.0 Å². The summed E-state index contributed by atoms with van der Waals surface area (Å²) in [6.07, 6.45) is 1.53. The molecule has 1 N–H and O–H groups in total. The summed E-state index contributed by atoms with van der Waals surface area (Å²) in [6, 6.07) is 9.74. The molecule has 4 rings (SSSR count). The predicted octanol–water partition coefficient (Wildman–Crippen LogP) is 2.98. The lowest BCUT2D eigenvalue weighted by Crippen LogP contribution is -2.31. The smallest absolute Gasteiger partial charge is 0.271 e. The molecular formula is C17H14N4O2S3. The summed E-state index contributed by atoms with van der Waals surface area (Å²) in [4.78, 5) is 33.0. The van der Waals surface area contributed by atoms with Crippen molar-refractivity contribution < 1.29 is 4.79 Å². The highest BCUT2D eigenvalue weighted by Crippen LogP contribution is 2.28. The number of thiophene rings is 1. The van der Waals surface area contributed by atoms with Crippen LogP contribution in [0.2, 0.25) is 0 Å². The summed E-state index contributed by atoms with van der Waals surface area (Å²) < 4.78 is 4.17. The SMILES string of the molecule is O=C(CSc1nc2ccccc2s1)NCCn1cnc2ccsc2c1=O. The third kappa shape index (κ3) is 3.64. The van der Waals surface area contributed by atoms with Crippen molar-refractivity contribution in [1.82, 2.24) is 19.9 Å². The number of amides is 1. The molecule has 0 aliphatic rings. The summed E-state index contributed by atoms with van der Waals surface area (Å²) in [5.74, 6) is 0.226. The molecule has 4 aromatic rings. The van der Waals surface area contributed by atoms with Crippen molar-refractivity contribution in [3.05, 3.63) is 52.4 Å². The molecule has 6 nitrogen and oxygen atoms in total. The van der Waals surface area contributed by atoms with Gasteiger partial charge in [0, 0.05) is 13.1 Å². The van der Waals surface area contributed by atoms with Gasteiger partial charge in [-0.1, -0.05) is 23.9 Å². The van der Waals surface area contributed by atoms with Crippen LogP contribution >= 0.6 is 34.4 Å². The molecule has 26 heavy (non-hydrogen) atoms. The minimum Gasteiger partial charge on any atom is -0.354 e. The number of nitrogens with zero attached hydrogens (tertiary/aromatic N) is 3. The average Bonchev–Trinajstić information content (AvgIpc) is 3.28. The maximum atomic E-state index is 12.3. The lowest BCUT2D eigenvalue weighted by molar-refractivity contribution is -0.118. The van der Waals surface area contributed by atoms with E-state index in [-0.39, 0.29) is 11.5 Å². The summed E-state index contributed by atoms with van der Waals surface area (Å²) in [6.45, 7) is 0.787. The molecule has 1 amide bonds. The number of hydrogen-bond acceptors (Lipinski definition) is 7. The third-order valence-electron chi connectivity index (χ3n) is 3.71. The molecule has 0 aliphatic heterocycles. The fraction of sp³-hybridized carbons (Fsp3) is 0.176. The number of thioether (sulfide) groups is 1. The number of benzene rings is 1. The van der Waals surface area contributed by atoms with Gasteiger partial charge in [-0.3, -0.25) is 14.2 Å². The van der Waals surface area contributed by atoms with Gasteiger partial charge in [-0.25, -0.2) is 9.97 Å². The Morgan fingerprint density at radius 3 is 3.00 bits per heavy atom. The van der Waals surface area contributed by atoms with E-state index in [2.05, 4.69) is 15.3 Å². The first-order chi connectivity index (χ1) is 12.7. The van der Waals surface area contributed by atoms with E-state index >= 15 is 0 Å². The summed E-state index contributed by atoms with van der Waals surface area (Å²) in [5, 5.41) is 4.69. The Balaban J connectivity index is 1.29. The van der Waals surface area contributed by atoms with Gasteiger partial charge in [0.2, 0.25) is 5.91 Å². The van der Waals surface area contributed by atoms with Crippen LogP contribution < -0.4 is 10.9 Å². The Kier molecular flexibility index (Phi) is 5.00. The minimum atomic E-state index is -0.0764. The first-order valence-corrected chi connectivity index (χ1v) is 10.6. The second kappa shape index (κ2) is 7.56. The van der Waals surface area contributed by atoms with Crippen molar-refractivity contribution in [1.29, 1.82) is 0 Å². The zero-order valence-corrected chi connectivity index (χ0v) is 16.0. The van der Waals surface area contributed by atoms with E-state index in [4.69, 9.17) is 0 Å². The van der Waals surface area contributed by atoms with Gasteiger partial charge < -0.3 is 5.32 Å². The molecule has 9 heteroatoms. The molecule has 0 unspecified atom stereocenters. The van der Waals surface area contributed by atoms with Crippen LogP contribution in [0.1, 0.15) is 0 Å². The highest BCUT2D eigenvalue weighted by molar-refractivity contribution is 8.01. The molecule has 3 aromatic heterocycles. The van der Waals surface area contributed by atoms with Gasteiger partial charge in [0.15, 0.2) is 4.34 Å². The third-order valence-corrected chi connectivity index (χ3v) is 6.78. The second-order valence-corrected chi connectivity index (χ2v) is 8.63. The lowest BCUT2D eigenvalue weighted by Gasteiger charge is -2.06. The van der Waals surface area contributed by atoms with Crippen molar-refractivity contribution in [3.8, 4) is 0 Å². The molecular weight excluding hydrogens is 388 g/mol. The molecule has 1 aromatic carbocycles. The zero-order chi connectivity index (χ0) is 17.9. The number of nitrogens with one attached hydrogen (secondary N) is 1. The van der Waals surface area contributed by atoms with E-state index in [1.54, 1.807) is 11.3 Å². The number of hydrogen-bond donors (Lipinski definition) is 1. The number of thiazole rings is 1. The first-order valence-electron chi connectivity index (χ1n) is 7.88. The van der Waals surface area contributed by atoms with Crippen LogP contribution in [0.5, 0.6) is 0 Å². The van der Waals surface area contributed by atoms with Crippen LogP contribution in [0, 0.1) is 0 Å². The Labute approximate surface area is 160 Å². The van der Waals surface area contributed by atoms with Crippen LogP contribution in [-0.2, 0) is 11.3 Å². The number of para-hydroxylation sites is 1. The van der Waals surface area contributed by atoms with Gasteiger partial charge in [-0.05, 0) is 23.6 Å². The fourth-order valence-electron chi connectivity index (χ4n) is 2.45. The Morgan fingerprint density at radius 2 is 2.12 bits per heavy atom. The van der Waals surface area contributed by atoms with Gasteiger partial charge in [0.05, 0.1) is 27.8 Å². The van der Waals surface area contributed by atoms with Gasteiger partial charge in [0.1, 0.15) is 4.70 Å². The first kappa shape index (κ1) is 17.2. The summed E-state index contributed by atoms with van der Waals surface area (Å²) >= 11 is 4.39. The molecule has 0 fully saturated rings. The van der Waals surface area contributed by atoms with E-state index in [9.17, 15) is 9.59 Å². The van der Waals surface area contributed by atoms with E-state index in [0.717, 1.165) is 14.6 Å². The molecule has 3 heterocycles. The number of carbonyl (C=O) groups excluding carboxylic acids is 1. The second-order valence-electron chi connectivity index (χ2n) is 5.46. The quantitative estimate of drug-likeness (QED) is 0.502. The fourth-order valence-corrected chi connectivity index (χ4v) is 5.14. The van der Waals surface area contributed by atoms with Crippen molar-refractivity contribution in [3.63, 3.8) is 0 Å². The van der Waals surface area contributed by atoms with E-state index in [0.29, 0.717) is 29.1 Å². The molecule has 132 valence electrons. The van der Waals surface area contributed by atoms with Crippen LogP contribution in [0.4, 0.5) is 0 Å². The number of fused-ring (bicyclic) bond motifs is 2. The molecule has 0 aliphatic carbocycles. The summed E-state index contributed by atoms with van der Waals surface area (Å²) in [7, 11) is 0. The molecule has 0 spiro atoms. The van der Waals surface area contributed by atoms with Crippen molar-refractivity contribution in [2.45, 2.75) is 10.9 Å². The highest BCUT2D eigenvalue weighted by atomic mass is 32.2. The molecule has 0 atom stereocenters. The van der Waals surface area contributed by atoms with Crippen molar-refractivity contribution in [2.75, 3.05) is 12.3 Å². The normalized spacial score (nSPS) is 11.2. The van der Waals surface area contributed by atoms with Crippen LogP contribution in [0.3, 0.4) is 0 Å². The van der Waals surface area contributed by atoms with E-state index in [1.807, 2.05) is 35.7 Å². The Hall–Kier alpha value is -2.23. The van der Waals surface area contributed by atoms with Crippen LogP contribution in [-0.4, -0.2) is 32.7 Å².